The van der Waals surface area contributed by atoms with E-state index in [4.69, 9.17) is 46.4 Å². The molecule has 2 saturated heterocycles. The van der Waals surface area contributed by atoms with Crippen molar-refractivity contribution in [3.8, 4) is 5.75 Å². The van der Waals surface area contributed by atoms with Gasteiger partial charge >= 0.3 is 0 Å². The highest BCUT2D eigenvalue weighted by Gasteiger charge is 2.77. The van der Waals surface area contributed by atoms with Gasteiger partial charge in [-0.3, -0.25) is 19.2 Å². The lowest BCUT2D eigenvalue weighted by molar-refractivity contribution is -0.125. The number of phenolic OH excluding ortho intramolecular Hbond substituents is 1. The van der Waals surface area contributed by atoms with Crippen LogP contribution in [-0.2, 0) is 19.2 Å². The van der Waals surface area contributed by atoms with Gasteiger partial charge in [0.2, 0.25) is 17.6 Å². The molecule has 0 spiro atoms. The van der Waals surface area contributed by atoms with Crippen molar-refractivity contribution in [1.29, 1.82) is 0 Å². The highest BCUT2D eigenvalue weighted by Crippen LogP contribution is 2.66. The van der Waals surface area contributed by atoms with Gasteiger partial charge in [-0.2, -0.15) is 0 Å². The van der Waals surface area contributed by atoms with Gasteiger partial charge in [0.1, 0.15) is 11.4 Å². The molecule has 0 aromatic heterocycles. The molecule has 1 saturated carbocycles. The van der Waals surface area contributed by atoms with Gasteiger partial charge in [-0.25, -0.2) is 31.8 Å². The number of hydrogen-bond donors (Lipinski definition) is 1. The summed E-state index contributed by atoms with van der Waals surface area (Å²) in [5, 5.41) is 10.2. The monoisotopic (exact) mass is 758 g/mol. The first-order chi connectivity index (χ1) is 23.0. The van der Waals surface area contributed by atoms with E-state index < -0.39 is 98.2 Å². The molecule has 254 valence electrons. The maximum atomic E-state index is 15.2. The summed E-state index contributed by atoms with van der Waals surface area (Å²) in [5.74, 6) is -22.1. The van der Waals surface area contributed by atoms with Crippen LogP contribution in [0.5, 0.6) is 5.75 Å². The molecule has 7 nitrogen and oxygen atoms in total. The molecule has 4 aliphatic rings. The maximum absolute atomic E-state index is 15.2. The lowest BCUT2D eigenvalue weighted by Gasteiger charge is -2.50. The van der Waals surface area contributed by atoms with Crippen LogP contribution in [0.25, 0.3) is 0 Å². The molecule has 0 unspecified atom stereocenters. The van der Waals surface area contributed by atoms with Gasteiger partial charge in [0.25, 0.3) is 11.8 Å². The summed E-state index contributed by atoms with van der Waals surface area (Å²) in [6.45, 7) is 1.72. The Morgan fingerprint density at radius 3 is 2.02 bits per heavy atom. The molecule has 6 atom stereocenters. The molecule has 16 heteroatoms. The molecule has 3 aromatic carbocycles. The van der Waals surface area contributed by atoms with Crippen molar-refractivity contribution in [2.24, 2.45) is 17.8 Å². The third-order valence-electron chi connectivity index (χ3n) is 9.93. The normalized spacial score (nSPS) is 29.3. The minimum absolute atomic E-state index is 0.0201. The Morgan fingerprint density at radius 1 is 0.776 bits per heavy atom. The Hall–Kier alpha value is -3.71. The van der Waals surface area contributed by atoms with Crippen molar-refractivity contribution in [3.63, 3.8) is 0 Å². The number of halogens is 9. The number of imide groups is 2. The van der Waals surface area contributed by atoms with E-state index in [2.05, 4.69) is 0 Å². The van der Waals surface area contributed by atoms with E-state index >= 15 is 8.78 Å². The lowest BCUT2D eigenvalue weighted by Crippen LogP contribution is -2.60. The van der Waals surface area contributed by atoms with Crippen LogP contribution in [0.1, 0.15) is 29.9 Å². The van der Waals surface area contributed by atoms with Crippen molar-refractivity contribution in [3.05, 3.63) is 98.3 Å². The van der Waals surface area contributed by atoms with Crippen molar-refractivity contribution in [2.45, 2.75) is 35.4 Å². The second-order valence-corrected chi connectivity index (χ2v) is 14.4. The van der Waals surface area contributed by atoms with E-state index in [9.17, 15) is 37.5 Å². The second kappa shape index (κ2) is 11.1. The Morgan fingerprint density at radius 2 is 1.41 bits per heavy atom. The molecule has 49 heavy (non-hydrogen) atoms. The van der Waals surface area contributed by atoms with Crippen LogP contribution < -0.4 is 9.80 Å². The fourth-order valence-electron chi connectivity index (χ4n) is 7.64. The summed E-state index contributed by atoms with van der Waals surface area (Å²) in [4.78, 5) is 51.7. The smallest absolute Gasteiger partial charge is 0.258 e. The molecule has 3 aromatic rings. The minimum atomic E-state index is -2.74. The summed E-state index contributed by atoms with van der Waals surface area (Å²) in [5.41, 5.74) is -0.844. The fourth-order valence-corrected chi connectivity index (χ4v) is 9.02. The van der Waals surface area contributed by atoms with Crippen molar-refractivity contribution >= 4 is 81.4 Å². The van der Waals surface area contributed by atoms with Crippen molar-refractivity contribution < 1.29 is 46.2 Å². The standard InChI is InChI=1S/C33H19Cl4F5N2O5/c1-11-2-3-12(8-18(11)34)43-28(46)16-7-6-14-17(20(16)29(43)47)10-32(36)30(48)44(27-25(41)23(39)22(38)24(40)26(27)42)31(49)33(32,37)21(14)15-5-4-13(45)9-19(15)35/h2-6,8-9,16-17,20-21,45H,7,10H2,1H3/t16-,17+,20-,21+,32+,33-/m0/s1. The second-order valence-electron chi connectivity index (χ2n) is 12.3. The Kier molecular flexibility index (Phi) is 7.68. The third kappa shape index (κ3) is 4.33. The van der Waals surface area contributed by atoms with Crippen molar-refractivity contribution in [2.75, 3.05) is 9.80 Å². The number of aryl methyl sites for hydroxylation is 1. The lowest BCUT2D eigenvalue weighted by atomic mass is 9.56. The van der Waals surface area contributed by atoms with Gasteiger partial charge in [-0.15, -0.1) is 23.2 Å². The number of allylic oxidation sites excluding steroid dienone is 2. The largest absolute Gasteiger partial charge is 0.508 e. The number of aromatic hydroxyl groups is 1. The highest BCUT2D eigenvalue weighted by atomic mass is 35.5. The van der Waals surface area contributed by atoms with Crippen LogP contribution in [0.2, 0.25) is 10.0 Å². The molecule has 0 bridgehead atoms. The van der Waals surface area contributed by atoms with Crippen LogP contribution in [0.4, 0.5) is 33.3 Å². The van der Waals surface area contributed by atoms with Gasteiger partial charge in [0.15, 0.2) is 33.0 Å². The number of carbonyl (C=O) groups is 4. The quantitative estimate of drug-likeness (QED) is 0.0747. The van der Waals surface area contributed by atoms with E-state index in [1.165, 1.54) is 30.3 Å². The summed E-state index contributed by atoms with van der Waals surface area (Å²) in [6, 6.07) is 8.07. The molecule has 3 fully saturated rings. The topological polar surface area (TPSA) is 95.0 Å². The highest BCUT2D eigenvalue weighted by molar-refractivity contribution is 6.58. The molecule has 2 heterocycles. The van der Waals surface area contributed by atoms with Crippen LogP contribution in [0, 0.1) is 53.8 Å². The number of rotatable bonds is 3. The summed E-state index contributed by atoms with van der Waals surface area (Å²) < 4.78 is 73.1. The Balaban J connectivity index is 1.43. The molecular weight excluding hydrogens is 741 g/mol. The van der Waals surface area contributed by atoms with Crippen LogP contribution in [-0.4, -0.2) is 38.5 Å². The van der Waals surface area contributed by atoms with Gasteiger partial charge in [0, 0.05) is 16.0 Å². The number of amides is 4. The van der Waals surface area contributed by atoms with Gasteiger partial charge in [-0.1, -0.05) is 47.0 Å². The predicted molar refractivity (Wildman–Crippen MR) is 168 cm³/mol. The summed E-state index contributed by atoms with van der Waals surface area (Å²) in [6.07, 6.45) is 0.806. The molecule has 0 radical (unpaired) electrons. The van der Waals surface area contributed by atoms with E-state index in [0.29, 0.717) is 5.56 Å². The zero-order valence-corrected chi connectivity index (χ0v) is 27.7. The predicted octanol–water partition coefficient (Wildman–Crippen LogP) is 7.47. The van der Waals surface area contributed by atoms with E-state index in [1.54, 1.807) is 13.0 Å². The van der Waals surface area contributed by atoms with Crippen LogP contribution >= 0.6 is 46.4 Å². The number of nitrogens with zero attached hydrogens (tertiary/aromatic N) is 2. The number of hydrogen-bond acceptors (Lipinski definition) is 5. The number of anilines is 2. The first-order valence-electron chi connectivity index (χ1n) is 14.6. The van der Waals surface area contributed by atoms with E-state index in [-0.39, 0.29) is 43.9 Å². The van der Waals surface area contributed by atoms with Crippen LogP contribution in [0.15, 0.2) is 48.0 Å². The SMILES string of the molecule is Cc1ccc(N2C(=O)[C@H]3[C@H](CC=C4[C@H]3C[C@@]3(Cl)C(=O)N(c5c(F)c(F)c(F)c(F)c5F)C(=O)[C@@]3(Cl)[C@H]4c3ccc(O)cc3Cl)C2=O)cc1Cl. The Labute approximate surface area is 293 Å². The van der Waals surface area contributed by atoms with Gasteiger partial charge in [-0.05, 0) is 61.1 Å². The molecule has 4 amide bonds. The van der Waals surface area contributed by atoms with Crippen LogP contribution in [0.3, 0.4) is 0 Å². The molecule has 2 aliphatic heterocycles. The zero-order valence-electron chi connectivity index (χ0n) is 24.6. The number of carbonyl (C=O) groups excluding carboxylic acids is 4. The number of alkyl halides is 2. The molecular formula is C33H19Cl4F5N2O5. The average Bonchev–Trinajstić information content (AvgIpc) is 3.39. The van der Waals surface area contributed by atoms with Gasteiger partial charge < -0.3 is 5.11 Å². The first kappa shape index (κ1) is 33.8. The number of fused-ring (bicyclic) bond motifs is 4. The number of benzene rings is 3. The summed E-state index contributed by atoms with van der Waals surface area (Å²) in [7, 11) is 0. The molecule has 7 rings (SSSR count). The zero-order chi connectivity index (χ0) is 35.6. The van der Waals surface area contributed by atoms with Gasteiger partial charge in [0.05, 0.1) is 17.5 Å². The minimum Gasteiger partial charge on any atom is -0.508 e. The fraction of sp³-hybridized carbons (Fsp3) is 0.273. The summed E-state index contributed by atoms with van der Waals surface area (Å²) >= 11 is 27.0. The Bertz CT molecular complexity index is 2090. The number of phenols is 1. The third-order valence-corrected chi connectivity index (χ3v) is 12.1. The van der Waals surface area contributed by atoms with E-state index in [1.807, 2.05) is 0 Å². The average molecular weight is 760 g/mol. The van der Waals surface area contributed by atoms with E-state index in [0.717, 1.165) is 11.0 Å². The first-order valence-corrected chi connectivity index (χ1v) is 16.1. The molecule has 1 N–H and O–H groups in total. The maximum Gasteiger partial charge on any atom is 0.258 e. The van der Waals surface area contributed by atoms with Crippen molar-refractivity contribution in [1.82, 2.24) is 0 Å². The molecule has 2 aliphatic carbocycles.